The van der Waals surface area contributed by atoms with Gasteiger partial charge >= 0.3 is 0 Å². The fourth-order valence-electron chi connectivity index (χ4n) is 2.09. The Balaban J connectivity index is 1.99. The standard InChI is InChI=1S/C14H11ClFN3OS/c1-8-5-21-13(19-8)14(6-18-7-14)20-12-3-10(15)11(16)2-9(12)4-17/h2-3,5,18H,6-7H2,1H3. The van der Waals surface area contributed by atoms with Gasteiger partial charge in [0, 0.05) is 30.2 Å². The lowest BCUT2D eigenvalue weighted by Crippen LogP contribution is -2.60. The molecule has 0 radical (unpaired) electrons. The predicted octanol–water partition coefficient (Wildman–Crippen LogP) is 2.99. The van der Waals surface area contributed by atoms with Gasteiger partial charge in [-0.05, 0) is 13.0 Å². The van der Waals surface area contributed by atoms with Gasteiger partial charge in [-0.2, -0.15) is 5.26 Å². The molecular formula is C14H11ClFN3OS. The minimum absolute atomic E-state index is 0.0678. The molecule has 0 spiro atoms. The van der Waals surface area contributed by atoms with Crippen LogP contribution in [0.15, 0.2) is 17.5 Å². The van der Waals surface area contributed by atoms with Gasteiger partial charge in [-0.1, -0.05) is 11.6 Å². The summed E-state index contributed by atoms with van der Waals surface area (Å²) < 4.78 is 19.4. The molecule has 21 heavy (non-hydrogen) atoms. The van der Waals surface area contributed by atoms with Gasteiger partial charge in [0.05, 0.1) is 10.6 Å². The molecule has 0 amide bonds. The molecule has 7 heteroatoms. The fraction of sp³-hybridized carbons (Fsp3) is 0.286. The Kier molecular flexibility index (Phi) is 3.57. The molecule has 0 atom stereocenters. The summed E-state index contributed by atoms with van der Waals surface area (Å²) in [6.45, 7) is 3.08. The SMILES string of the molecule is Cc1csc(C2(Oc3cc(Cl)c(F)cc3C#N)CNC2)n1. The third kappa shape index (κ3) is 2.48. The molecule has 1 aromatic carbocycles. The average Bonchev–Trinajstić information content (AvgIpc) is 2.84. The number of aromatic nitrogens is 1. The largest absolute Gasteiger partial charge is 0.476 e. The molecule has 3 rings (SSSR count). The van der Waals surface area contributed by atoms with Crippen LogP contribution < -0.4 is 10.1 Å². The molecule has 1 N–H and O–H groups in total. The molecule has 0 aliphatic carbocycles. The molecule has 1 saturated heterocycles. The van der Waals surface area contributed by atoms with E-state index in [0.29, 0.717) is 13.1 Å². The molecule has 1 aliphatic rings. The minimum atomic E-state index is -0.633. The molecule has 0 saturated carbocycles. The zero-order valence-electron chi connectivity index (χ0n) is 11.1. The van der Waals surface area contributed by atoms with Crippen LogP contribution >= 0.6 is 22.9 Å². The highest BCUT2D eigenvalue weighted by Crippen LogP contribution is 2.36. The van der Waals surface area contributed by atoms with Gasteiger partial charge in [-0.3, -0.25) is 0 Å². The first-order valence-corrected chi connectivity index (χ1v) is 7.51. The molecule has 0 unspecified atom stereocenters. The van der Waals surface area contributed by atoms with Gasteiger partial charge in [0.15, 0.2) is 5.60 Å². The van der Waals surface area contributed by atoms with Crippen LogP contribution in [0.4, 0.5) is 4.39 Å². The van der Waals surface area contributed by atoms with Crippen molar-refractivity contribution in [3.05, 3.63) is 44.6 Å². The first-order valence-electron chi connectivity index (χ1n) is 6.25. The summed E-state index contributed by atoms with van der Waals surface area (Å²) in [5.74, 6) is -0.357. The van der Waals surface area contributed by atoms with Gasteiger partial charge in [0.1, 0.15) is 22.6 Å². The van der Waals surface area contributed by atoms with Crippen LogP contribution in [0.1, 0.15) is 16.3 Å². The Morgan fingerprint density at radius 2 is 2.29 bits per heavy atom. The average molecular weight is 324 g/mol. The summed E-state index contributed by atoms with van der Waals surface area (Å²) in [4.78, 5) is 4.46. The van der Waals surface area contributed by atoms with E-state index < -0.39 is 11.4 Å². The Bertz CT molecular complexity index is 736. The van der Waals surface area contributed by atoms with E-state index >= 15 is 0 Å². The number of aryl methyl sites for hydroxylation is 1. The normalized spacial score (nSPS) is 16.1. The number of ether oxygens (including phenoxy) is 1. The van der Waals surface area contributed by atoms with Gasteiger partial charge in [-0.15, -0.1) is 11.3 Å². The number of halogens is 2. The van der Waals surface area contributed by atoms with Gasteiger partial charge in [-0.25, -0.2) is 9.37 Å². The third-order valence-electron chi connectivity index (χ3n) is 3.28. The minimum Gasteiger partial charge on any atom is -0.476 e. The number of hydrogen-bond acceptors (Lipinski definition) is 5. The second-order valence-corrected chi connectivity index (χ2v) is 6.13. The maximum atomic E-state index is 13.4. The van der Waals surface area contributed by atoms with E-state index in [1.54, 1.807) is 0 Å². The van der Waals surface area contributed by atoms with Crippen molar-refractivity contribution in [2.45, 2.75) is 12.5 Å². The summed E-state index contributed by atoms with van der Waals surface area (Å²) in [6.07, 6.45) is 0. The van der Waals surface area contributed by atoms with Gasteiger partial charge < -0.3 is 10.1 Å². The van der Waals surface area contributed by atoms with Crippen molar-refractivity contribution < 1.29 is 9.13 Å². The molecule has 1 aliphatic heterocycles. The van der Waals surface area contributed by atoms with E-state index in [2.05, 4.69) is 10.3 Å². The van der Waals surface area contributed by atoms with Crippen molar-refractivity contribution in [1.29, 1.82) is 5.26 Å². The van der Waals surface area contributed by atoms with Crippen molar-refractivity contribution in [3.8, 4) is 11.8 Å². The molecule has 0 bridgehead atoms. The molecule has 1 fully saturated rings. The highest BCUT2D eigenvalue weighted by molar-refractivity contribution is 7.09. The van der Waals surface area contributed by atoms with Crippen LogP contribution in [-0.4, -0.2) is 18.1 Å². The number of thiazole rings is 1. The highest BCUT2D eigenvalue weighted by atomic mass is 35.5. The number of nitriles is 1. The molecular weight excluding hydrogens is 313 g/mol. The molecule has 4 nitrogen and oxygen atoms in total. The number of benzene rings is 1. The molecule has 2 aromatic rings. The molecule has 2 heterocycles. The van der Waals surface area contributed by atoms with Crippen LogP contribution in [0.3, 0.4) is 0 Å². The Morgan fingerprint density at radius 1 is 1.52 bits per heavy atom. The summed E-state index contributed by atoms with van der Waals surface area (Å²) >= 11 is 7.30. The number of rotatable bonds is 3. The Morgan fingerprint density at radius 3 is 2.81 bits per heavy atom. The van der Waals surface area contributed by atoms with Crippen molar-refractivity contribution in [3.63, 3.8) is 0 Å². The monoisotopic (exact) mass is 323 g/mol. The fourth-order valence-corrected chi connectivity index (χ4v) is 3.18. The van der Waals surface area contributed by atoms with Crippen molar-refractivity contribution in [2.75, 3.05) is 13.1 Å². The summed E-state index contributed by atoms with van der Waals surface area (Å²) in [5, 5.41) is 15.0. The number of nitrogens with one attached hydrogen (secondary N) is 1. The summed E-state index contributed by atoms with van der Waals surface area (Å²) in [7, 11) is 0. The van der Waals surface area contributed by atoms with Crippen LogP contribution in [0.25, 0.3) is 0 Å². The lowest BCUT2D eigenvalue weighted by molar-refractivity contribution is 0.0115. The zero-order chi connectivity index (χ0) is 15.0. The zero-order valence-corrected chi connectivity index (χ0v) is 12.7. The van der Waals surface area contributed by atoms with Crippen molar-refractivity contribution >= 4 is 22.9 Å². The van der Waals surface area contributed by atoms with Crippen molar-refractivity contribution in [1.82, 2.24) is 10.3 Å². The van der Waals surface area contributed by atoms with E-state index in [9.17, 15) is 4.39 Å². The van der Waals surface area contributed by atoms with E-state index in [-0.39, 0.29) is 16.3 Å². The molecule has 1 aromatic heterocycles. The van der Waals surface area contributed by atoms with Crippen molar-refractivity contribution in [2.24, 2.45) is 0 Å². The maximum absolute atomic E-state index is 13.4. The maximum Gasteiger partial charge on any atom is 0.185 e. The Labute approximate surface area is 130 Å². The predicted molar refractivity (Wildman–Crippen MR) is 78.2 cm³/mol. The first kappa shape index (κ1) is 14.3. The quantitative estimate of drug-likeness (QED) is 0.943. The first-order chi connectivity index (χ1) is 10.0. The summed E-state index contributed by atoms with van der Waals surface area (Å²) in [5.41, 5.74) is 0.421. The number of hydrogen-bond donors (Lipinski definition) is 1. The van der Waals surface area contributed by atoms with E-state index in [1.807, 2.05) is 18.4 Å². The summed E-state index contributed by atoms with van der Waals surface area (Å²) in [6, 6.07) is 4.36. The highest BCUT2D eigenvalue weighted by Gasteiger charge is 2.44. The Hall–Kier alpha value is -1.68. The molecule has 108 valence electrons. The lowest BCUT2D eigenvalue weighted by atomic mass is 9.97. The van der Waals surface area contributed by atoms with Crippen LogP contribution in [0.5, 0.6) is 5.75 Å². The van der Waals surface area contributed by atoms with Gasteiger partial charge in [0.2, 0.25) is 0 Å². The second kappa shape index (κ2) is 5.26. The second-order valence-electron chi connectivity index (χ2n) is 4.87. The third-order valence-corrected chi connectivity index (χ3v) is 4.71. The van der Waals surface area contributed by atoms with Gasteiger partial charge in [0.25, 0.3) is 0 Å². The van der Waals surface area contributed by atoms with Crippen LogP contribution in [0.2, 0.25) is 5.02 Å². The van der Waals surface area contributed by atoms with Crippen LogP contribution in [-0.2, 0) is 5.60 Å². The number of nitrogens with zero attached hydrogens (tertiary/aromatic N) is 2. The lowest BCUT2D eigenvalue weighted by Gasteiger charge is -2.41. The van der Waals surface area contributed by atoms with E-state index in [1.165, 1.54) is 17.4 Å². The van der Waals surface area contributed by atoms with Crippen LogP contribution in [0, 0.1) is 24.1 Å². The topological polar surface area (TPSA) is 57.9 Å². The van der Waals surface area contributed by atoms with E-state index in [4.69, 9.17) is 21.6 Å². The van der Waals surface area contributed by atoms with E-state index in [0.717, 1.165) is 16.8 Å². The smallest absolute Gasteiger partial charge is 0.185 e.